The lowest BCUT2D eigenvalue weighted by molar-refractivity contribution is 0.375. The first kappa shape index (κ1) is 12.4. The molecule has 17 heavy (non-hydrogen) atoms. The van der Waals surface area contributed by atoms with Crippen molar-refractivity contribution in [1.82, 2.24) is 0 Å². The molecule has 2 rings (SSSR count). The van der Waals surface area contributed by atoms with Crippen molar-refractivity contribution in [2.45, 2.75) is 51.4 Å². The first-order valence-corrected chi connectivity index (χ1v) is 7.11. The molecular weight excluding hydrogens is 204 g/mol. The molecule has 0 atom stereocenters. The molecule has 0 aromatic heterocycles. The Morgan fingerprint density at radius 3 is 2.41 bits per heavy atom. The second kappa shape index (κ2) is 6.64. The SMILES string of the molecule is CCC/C=C/C1CCC(c2ccccc2)CC1. The standard InChI is InChI=1S/C17H24/c1-2-3-5-8-15-11-13-17(14-12-15)16-9-6-4-7-10-16/h4-10,15,17H,2-3,11-14H2,1H3/b8-5+. The second-order valence-corrected chi connectivity index (χ2v) is 5.24. The molecule has 1 aromatic rings. The van der Waals surface area contributed by atoms with E-state index >= 15 is 0 Å². The van der Waals surface area contributed by atoms with Gasteiger partial charge in [0.05, 0.1) is 0 Å². The van der Waals surface area contributed by atoms with Gasteiger partial charge in [0.1, 0.15) is 0 Å². The van der Waals surface area contributed by atoms with Gasteiger partial charge in [-0.1, -0.05) is 55.8 Å². The third kappa shape index (κ3) is 3.73. The third-order valence-electron chi connectivity index (χ3n) is 3.91. The predicted molar refractivity (Wildman–Crippen MR) is 75.2 cm³/mol. The summed E-state index contributed by atoms with van der Waals surface area (Å²) in [6.07, 6.45) is 12.8. The Hall–Kier alpha value is -1.04. The quantitative estimate of drug-likeness (QED) is 0.612. The maximum Gasteiger partial charge on any atom is -0.0162 e. The van der Waals surface area contributed by atoms with Gasteiger partial charge < -0.3 is 0 Å². The van der Waals surface area contributed by atoms with Gasteiger partial charge in [0.15, 0.2) is 0 Å². The summed E-state index contributed by atoms with van der Waals surface area (Å²) in [6.45, 7) is 2.25. The van der Waals surface area contributed by atoms with Crippen LogP contribution < -0.4 is 0 Å². The van der Waals surface area contributed by atoms with E-state index in [4.69, 9.17) is 0 Å². The summed E-state index contributed by atoms with van der Waals surface area (Å²) in [7, 11) is 0. The Kier molecular flexibility index (Phi) is 4.85. The van der Waals surface area contributed by atoms with E-state index in [1.807, 2.05) is 0 Å². The molecule has 1 aliphatic rings. The van der Waals surface area contributed by atoms with Crippen molar-refractivity contribution in [2.24, 2.45) is 5.92 Å². The molecule has 0 radical (unpaired) electrons. The van der Waals surface area contributed by atoms with Crippen LogP contribution >= 0.6 is 0 Å². The van der Waals surface area contributed by atoms with Gasteiger partial charge >= 0.3 is 0 Å². The average molecular weight is 228 g/mol. The van der Waals surface area contributed by atoms with Crippen LogP contribution in [0, 0.1) is 5.92 Å². The summed E-state index contributed by atoms with van der Waals surface area (Å²) in [4.78, 5) is 0. The highest BCUT2D eigenvalue weighted by atomic mass is 14.2. The molecule has 1 saturated carbocycles. The predicted octanol–water partition coefficient (Wildman–Crippen LogP) is 5.32. The number of rotatable bonds is 4. The lowest BCUT2D eigenvalue weighted by atomic mass is 9.78. The fourth-order valence-electron chi connectivity index (χ4n) is 2.83. The summed E-state index contributed by atoms with van der Waals surface area (Å²) in [5.74, 6) is 1.66. The van der Waals surface area contributed by atoms with Gasteiger partial charge in [-0.05, 0) is 49.5 Å². The van der Waals surface area contributed by atoms with Crippen LogP contribution in [0.4, 0.5) is 0 Å². The molecule has 0 heterocycles. The van der Waals surface area contributed by atoms with Crippen LogP contribution in [-0.4, -0.2) is 0 Å². The molecule has 92 valence electrons. The molecule has 0 N–H and O–H groups in total. The molecule has 0 unspecified atom stereocenters. The molecule has 0 bridgehead atoms. The van der Waals surface area contributed by atoms with Crippen LogP contribution in [0.2, 0.25) is 0 Å². The van der Waals surface area contributed by atoms with Crippen LogP contribution in [0.5, 0.6) is 0 Å². The Balaban J connectivity index is 1.82. The molecule has 0 aliphatic heterocycles. The van der Waals surface area contributed by atoms with Gasteiger partial charge in [-0.25, -0.2) is 0 Å². The fourth-order valence-corrected chi connectivity index (χ4v) is 2.83. The van der Waals surface area contributed by atoms with Crippen molar-refractivity contribution in [3.63, 3.8) is 0 Å². The van der Waals surface area contributed by atoms with Crippen LogP contribution in [0.15, 0.2) is 42.5 Å². The molecule has 0 heteroatoms. The molecule has 0 spiro atoms. The lowest BCUT2D eigenvalue weighted by Gasteiger charge is -2.27. The van der Waals surface area contributed by atoms with Crippen molar-refractivity contribution in [3.8, 4) is 0 Å². The van der Waals surface area contributed by atoms with E-state index in [0.29, 0.717) is 0 Å². The molecule has 1 aromatic carbocycles. The average Bonchev–Trinajstić information content (AvgIpc) is 2.41. The van der Waals surface area contributed by atoms with E-state index in [9.17, 15) is 0 Å². The van der Waals surface area contributed by atoms with Gasteiger partial charge in [0.25, 0.3) is 0 Å². The van der Waals surface area contributed by atoms with Crippen molar-refractivity contribution in [1.29, 1.82) is 0 Å². The van der Waals surface area contributed by atoms with Gasteiger partial charge in [-0.2, -0.15) is 0 Å². The Labute approximate surface area is 106 Å². The number of allylic oxidation sites excluding steroid dienone is 2. The van der Waals surface area contributed by atoms with Crippen LogP contribution in [0.3, 0.4) is 0 Å². The summed E-state index contributed by atoms with van der Waals surface area (Å²) in [5.41, 5.74) is 1.54. The monoisotopic (exact) mass is 228 g/mol. The number of benzene rings is 1. The highest BCUT2D eigenvalue weighted by Crippen LogP contribution is 2.36. The molecule has 0 amide bonds. The van der Waals surface area contributed by atoms with Gasteiger partial charge in [0.2, 0.25) is 0 Å². The minimum absolute atomic E-state index is 0.812. The van der Waals surface area contributed by atoms with E-state index in [2.05, 4.69) is 49.4 Å². The minimum Gasteiger partial charge on any atom is -0.0883 e. The van der Waals surface area contributed by atoms with Gasteiger partial charge in [-0.3, -0.25) is 0 Å². The second-order valence-electron chi connectivity index (χ2n) is 5.24. The van der Waals surface area contributed by atoms with Crippen molar-refractivity contribution < 1.29 is 0 Å². The normalized spacial score (nSPS) is 25.2. The molecule has 0 nitrogen and oxygen atoms in total. The van der Waals surface area contributed by atoms with E-state index in [1.54, 1.807) is 5.56 Å². The zero-order chi connectivity index (χ0) is 11.9. The number of unbranched alkanes of at least 4 members (excludes halogenated alkanes) is 1. The maximum absolute atomic E-state index is 2.46. The Morgan fingerprint density at radius 1 is 1.06 bits per heavy atom. The molecule has 1 aliphatic carbocycles. The van der Waals surface area contributed by atoms with E-state index in [0.717, 1.165) is 11.8 Å². The summed E-state index contributed by atoms with van der Waals surface area (Å²) < 4.78 is 0. The first-order chi connectivity index (χ1) is 8.40. The summed E-state index contributed by atoms with van der Waals surface area (Å²) >= 11 is 0. The third-order valence-corrected chi connectivity index (χ3v) is 3.91. The molecule has 1 fully saturated rings. The Bertz CT molecular complexity index is 328. The van der Waals surface area contributed by atoms with Gasteiger partial charge in [0, 0.05) is 0 Å². The molecule has 0 saturated heterocycles. The smallest absolute Gasteiger partial charge is 0.0162 e. The van der Waals surface area contributed by atoms with E-state index < -0.39 is 0 Å². The zero-order valence-electron chi connectivity index (χ0n) is 10.9. The van der Waals surface area contributed by atoms with Crippen LogP contribution in [0.1, 0.15) is 56.9 Å². The molecular formula is C17H24. The Morgan fingerprint density at radius 2 is 1.76 bits per heavy atom. The van der Waals surface area contributed by atoms with Crippen LogP contribution in [-0.2, 0) is 0 Å². The first-order valence-electron chi connectivity index (χ1n) is 7.11. The van der Waals surface area contributed by atoms with Gasteiger partial charge in [-0.15, -0.1) is 0 Å². The highest BCUT2D eigenvalue weighted by molar-refractivity contribution is 5.20. The van der Waals surface area contributed by atoms with E-state index in [-0.39, 0.29) is 0 Å². The summed E-state index contributed by atoms with van der Waals surface area (Å²) in [5, 5.41) is 0. The maximum atomic E-state index is 2.46. The lowest BCUT2D eigenvalue weighted by Crippen LogP contribution is -2.11. The fraction of sp³-hybridized carbons (Fsp3) is 0.529. The largest absolute Gasteiger partial charge is 0.0883 e. The zero-order valence-corrected chi connectivity index (χ0v) is 10.9. The van der Waals surface area contributed by atoms with E-state index in [1.165, 1.54) is 38.5 Å². The number of hydrogen-bond donors (Lipinski definition) is 0. The highest BCUT2D eigenvalue weighted by Gasteiger charge is 2.20. The topological polar surface area (TPSA) is 0 Å². The number of hydrogen-bond acceptors (Lipinski definition) is 0. The van der Waals surface area contributed by atoms with Crippen molar-refractivity contribution in [2.75, 3.05) is 0 Å². The summed E-state index contributed by atoms with van der Waals surface area (Å²) in [6, 6.07) is 11.0. The van der Waals surface area contributed by atoms with Crippen LogP contribution in [0.25, 0.3) is 0 Å². The van der Waals surface area contributed by atoms with Crippen molar-refractivity contribution in [3.05, 3.63) is 48.0 Å². The van der Waals surface area contributed by atoms with Crippen molar-refractivity contribution >= 4 is 0 Å². The minimum atomic E-state index is 0.812.